The first-order valence-electron chi connectivity index (χ1n) is 8.64. The number of methoxy groups -OCH3 is 1. The summed E-state index contributed by atoms with van der Waals surface area (Å²) in [6, 6.07) is 6.93. The average molecular weight is 334 g/mol. The van der Waals surface area contributed by atoms with Gasteiger partial charge in [0, 0.05) is 14.0 Å². The molecule has 0 heterocycles. The van der Waals surface area contributed by atoms with Gasteiger partial charge in [0.25, 0.3) is 0 Å². The van der Waals surface area contributed by atoms with E-state index in [1.807, 2.05) is 24.3 Å². The summed E-state index contributed by atoms with van der Waals surface area (Å²) in [4.78, 5) is 24.4. The van der Waals surface area contributed by atoms with E-state index in [1.54, 1.807) is 26.0 Å². The van der Waals surface area contributed by atoms with E-state index in [4.69, 9.17) is 4.74 Å². The molecular weight excluding hydrogens is 304 g/mol. The summed E-state index contributed by atoms with van der Waals surface area (Å²) in [7, 11) is 3.36. The van der Waals surface area contributed by atoms with Gasteiger partial charge in [-0.1, -0.05) is 50.7 Å². The van der Waals surface area contributed by atoms with Crippen molar-refractivity contribution in [3.8, 4) is 5.75 Å². The highest BCUT2D eigenvalue weighted by Gasteiger charge is 2.21. The number of hydrogen-bond donors (Lipinski definition) is 1. The molecule has 0 bridgehead atoms. The van der Waals surface area contributed by atoms with E-state index in [2.05, 4.69) is 5.32 Å². The molecule has 1 unspecified atom stereocenters. The molecule has 0 aromatic heterocycles. The van der Waals surface area contributed by atoms with Crippen LogP contribution >= 0.6 is 0 Å². The van der Waals surface area contributed by atoms with Crippen LogP contribution in [0.1, 0.15) is 52.4 Å². The molecule has 2 amide bonds. The summed E-state index contributed by atoms with van der Waals surface area (Å²) in [6.45, 7) is 3.04. The number of amides is 2. The number of carbonyl (C=O) groups excluding carboxylic acids is 2. The molecule has 24 heavy (non-hydrogen) atoms. The minimum absolute atomic E-state index is 0.337. The second-order valence-electron chi connectivity index (χ2n) is 6.13. The highest BCUT2D eigenvalue weighted by Crippen LogP contribution is 2.27. The van der Waals surface area contributed by atoms with Gasteiger partial charge in [-0.05, 0) is 19.1 Å². The number of nitrogens with one attached hydrogen (secondary N) is 1. The minimum atomic E-state index is -0.467. The standard InChI is InChI=1S/C13H18N2O3.C6H12/c1-9(13(17)14-10(2)16)15(3)11-7-5-6-8-12(11)18-4;1-2-4-6-5-3-1/h5-9H,1-4H3,(H,14,16,17);1-6H2. The van der Waals surface area contributed by atoms with Crippen molar-refractivity contribution in [3.63, 3.8) is 0 Å². The highest BCUT2D eigenvalue weighted by atomic mass is 16.5. The molecule has 1 atom stereocenters. The van der Waals surface area contributed by atoms with Crippen molar-refractivity contribution in [1.29, 1.82) is 0 Å². The van der Waals surface area contributed by atoms with Crippen LogP contribution in [-0.4, -0.2) is 32.0 Å². The fourth-order valence-corrected chi connectivity index (χ4v) is 2.64. The van der Waals surface area contributed by atoms with E-state index in [0.717, 1.165) is 5.69 Å². The third-order valence-corrected chi connectivity index (χ3v) is 4.22. The lowest BCUT2D eigenvalue weighted by molar-refractivity contribution is -0.129. The number of para-hydroxylation sites is 2. The molecular formula is C19H30N2O3. The number of hydrogen-bond acceptors (Lipinski definition) is 4. The molecule has 5 heteroatoms. The van der Waals surface area contributed by atoms with Crippen LogP contribution in [0.3, 0.4) is 0 Å². The smallest absolute Gasteiger partial charge is 0.248 e. The maximum absolute atomic E-state index is 11.8. The molecule has 5 nitrogen and oxygen atoms in total. The number of nitrogens with zero attached hydrogens (tertiary/aromatic N) is 1. The molecule has 0 spiro atoms. The van der Waals surface area contributed by atoms with Crippen molar-refractivity contribution in [2.24, 2.45) is 0 Å². The molecule has 1 aromatic rings. The van der Waals surface area contributed by atoms with Gasteiger partial charge in [-0.2, -0.15) is 0 Å². The Bertz CT molecular complexity index is 516. The predicted octanol–water partition coefficient (Wildman–Crippen LogP) is 3.52. The molecule has 0 aliphatic heterocycles. The monoisotopic (exact) mass is 334 g/mol. The van der Waals surface area contributed by atoms with Crippen LogP contribution in [0.25, 0.3) is 0 Å². The van der Waals surface area contributed by atoms with E-state index < -0.39 is 6.04 Å². The molecule has 1 aromatic carbocycles. The number of ether oxygens (including phenoxy) is 1. The van der Waals surface area contributed by atoms with Gasteiger partial charge in [-0.3, -0.25) is 14.9 Å². The van der Waals surface area contributed by atoms with Crippen LogP contribution in [0.15, 0.2) is 24.3 Å². The van der Waals surface area contributed by atoms with Crippen molar-refractivity contribution in [2.45, 2.75) is 58.4 Å². The maximum Gasteiger partial charge on any atom is 0.248 e. The average Bonchev–Trinajstić information content (AvgIpc) is 2.61. The third-order valence-electron chi connectivity index (χ3n) is 4.22. The van der Waals surface area contributed by atoms with Gasteiger partial charge >= 0.3 is 0 Å². The molecule has 1 aliphatic rings. The summed E-state index contributed by atoms with van der Waals surface area (Å²) in [5.41, 5.74) is 0.797. The Balaban J connectivity index is 0.000000400. The number of rotatable bonds is 4. The Morgan fingerprint density at radius 2 is 1.58 bits per heavy atom. The van der Waals surface area contributed by atoms with Crippen molar-refractivity contribution in [2.75, 3.05) is 19.1 Å². The second kappa shape index (κ2) is 10.7. The molecule has 134 valence electrons. The Kier molecular flexibility index (Phi) is 8.90. The SMILES string of the molecule is C1CCCCC1.COc1ccccc1N(C)C(C)C(=O)NC(C)=O. The van der Waals surface area contributed by atoms with Crippen LogP contribution in [0.4, 0.5) is 5.69 Å². The zero-order valence-electron chi connectivity index (χ0n) is 15.3. The second-order valence-corrected chi connectivity index (χ2v) is 6.13. The lowest BCUT2D eigenvalue weighted by Gasteiger charge is -2.27. The molecule has 2 rings (SSSR count). The Morgan fingerprint density at radius 3 is 2.04 bits per heavy atom. The Morgan fingerprint density at radius 1 is 1.08 bits per heavy atom. The number of imide groups is 1. The topological polar surface area (TPSA) is 58.6 Å². The van der Waals surface area contributed by atoms with Crippen molar-refractivity contribution in [3.05, 3.63) is 24.3 Å². The van der Waals surface area contributed by atoms with E-state index in [0.29, 0.717) is 5.75 Å². The highest BCUT2D eigenvalue weighted by molar-refractivity contribution is 5.98. The quantitative estimate of drug-likeness (QED) is 0.915. The molecule has 1 saturated carbocycles. The van der Waals surface area contributed by atoms with Crippen LogP contribution < -0.4 is 15.0 Å². The lowest BCUT2D eigenvalue weighted by Crippen LogP contribution is -2.45. The Hall–Kier alpha value is -2.04. The van der Waals surface area contributed by atoms with Gasteiger partial charge in [0.15, 0.2) is 0 Å². The van der Waals surface area contributed by atoms with E-state index in [1.165, 1.54) is 45.4 Å². The fraction of sp³-hybridized carbons (Fsp3) is 0.579. The number of anilines is 1. The van der Waals surface area contributed by atoms with Gasteiger partial charge in [0.2, 0.25) is 11.8 Å². The number of likely N-dealkylation sites (N-methyl/N-ethyl adjacent to an activating group) is 1. The summed E-state index contributed by atoms with van der Waals surface area (Å²) >= 11 is 0. The number of carbonyl (C=O) groups is 2. The first-order valence-corrected chi connectivity index (χ1v) is 8.64. The van der Waals surface area contributed by atoms with Gasteiger partial charge in [-0.15, -0.1) is 0 Å². The third kappa shape index (κ3) is 6.60. The minimum Gasteiger partial charge on any atom is -0.495 e. The first kappa shape index (κ1) is 20.0. The normalized spacial score (nSPS) is 14.7. The van der Waals surface area contributed by atoms with Crippen molar-refractivity contribution < 1.29 is 14.3 Å². The molecule has 0 saturated heterocycles. The van der Waals surface area contributed by atoms with E-state index >= 15 is 0 Å². The largest absolute Gasteiger partial charge is 0.495 e. The zero-order valence-corrected chi connectivity index (χ0v) is 15.3. The van der Waals surface area contributed by atoms with E-state index in [9.17, 15) is 9.59 Å². The van der Waals surface area contributed by atoms with Gasteiger partial charge in [-0.25, -0.2) is 0 Å². The van der Waals surface area contributed by atoms with Crippen LogP contribution in [0, 0.1) is 0 Å². The van der Waals surface area contributed by atoms with Crippen LogP contribution in [0.2, 0.25) is 0 Å². The van der Waals surface area contributed by atoms with E-state index in [-0.39, 0.29) is 11.8 Å². The predicted molar refractivity (Wildman–Crippen MR) is 97.4 cm³/mol. The summed E-state index contributed by atoms with van der Waals surface area (Å²) in [5.74, 6) is -0.0151. The van der Waals surface area contributed by atoms with Crippen molar-refractivity contribution in [1.82, 2.24) is 5.32 Å². The summed E-state index contributed by atoms with van der Waals surface area (Å²) in [5, 5.41) is 2.27. The van der Waals surface area contributed by atoms with Crippen molar-refractivity contribution >= 4 is 17.5 Å². The van der Waals surface area contributed by atoms with Gasteiger partial charge < -0.3 is 9.64 Å². The van der Waals surface area contributed by atoms with Gasteiger partial charge in [0.05, 0.1) is 12.8 Å². The summed E-state index contributed by atoms with van der Waals surface area (Å²) in [6.07, 6.45) is 9.00. The Labute approximate surface area is 145 Å². The number of benzene rings is 1. The van der Waals surface area contributed by atoms with Crippen LogP contribution in [0.5, 0.6) is 5.75 Å². The first-order chi connectivity index (χ1) is 11.5. The van der Waals surface area contributed by atoms with Gasteiger partial charge in [0.1, 0.15) is 11.8 Å². The molecule has 1 fully saturated rings. The molecule has 1 N–H and O–H groups in total. The fourth-order valence-electron chi connectivity index (χ4n) is 2.64. The molecule has 1 aliphatic carbocycles. The lowest BCUT2D eigenvalue weighted by atomic mass is 10.0. The zero-order chi connectivity index (χ0) is 17.9. The maximum atomic E-state index is 11.8. The molecule has 0 radical (unpaired) electrons. The summed E-state index contributed by atoms with van der Waals surface area (Å²) < 4.78 is 5.24. The van der Waals surface area contributed by atoms with Crippen LogP contribution in [-0.2, 0) is 9.59 Å².